The number of aliphatic hydroxyl groups is 1. The molecule has 0 amide bonds. The number of hydrogen-bond donors (Lipinski definition) is 3. The third-order valence-electron chi connectivity index (χ3n) is 3.25. The van der Waals surface area contributed by atoms with E-state index >= 15 is 0 Å². The van der Waals surface area contributed by atoms with Crippen molar-refractivity contribution in [2.24, 2.45) is 11.5 Å². The molecule has 5 heteroatoms. The first-order chi connectivity index (χ1) is 7.18. The average molecular weight is 216 g/mol. The van der Waals surface area contributed by atoms with E-state index < -0.39 is 18.4 Å². The average Bonchev–Trinajstić information content (AvgIpc) is 2.72. The van der Waals surface area contributed by atoms with E-state index in [0.717, 1.165) is 12.8 Å². The zero-order valence-electron chi connectivity index (χ0n) is 8.84. The fraction of sp³-hybridized carbons (Fsp3) is 1.00. The molecule has 2 rings (SSSR count). The molecule has 0 aromatic heterocycles. The lowest BCUT2D eigenvalue weighted by molar-refractivity contribution is -0.240. The monoisotopic (exact) mass is 216 g/mol. The van der Waals surface area contributed by atoms with Gasteiger partial charge in [0.15, 0.2) is 6.29 Å². The van der Waals surface area contributed by atoms with Crippen LogP contribution in [0.4, 0.5) is 0 Å². The summed E-state index contributed by atoms with van der Waals surface area (Å²) in [6, 6.07) is -0.756. The summed E-state index contributed by atoms with van der Waals surface area (Å²) in [6.45, 7) is 0.357. The fourth-order valence-corrected chi connectivity index (χ4v) is 2.18. The fourth-order valence-electron chi connectivity index (χ4n) is 2.18. The van der Waals surface area contributed by atoms with Gasteiger partial charge in [0.05, 0.1) is 18.8 Å². The molecule has 1 aliphatic carbocycles. The normalized spacial score (nSPS) is 43.4. The van der Waals surface area contributed by atoms with Gasteiger partial charge in [0.25, 0.3) is 0 Å². The van der Waals surface area contributed by atoms with Crippen LogP contribution in [-0.2, 0) is 9.47 Å². The van der Waals surface area contributed by atoms with E-state index in [1.165, 1.54) is 12.8 Å². The van der Waals surface area contributed by atoms with Gasteiger partial charge in [-0.25, -0.2) is 0 Å². The highest BCUT2D eigenvalue weighted by Gasteiger charge is 2.37. The molecule has 0 spiro atoms. The first kappa shape index (κ1) is 11.3. The molecule has 15 heavy (non-hydrogen) atoms. The lowest BCUT2D eigenvalue weighted by Gasteiger charge is -2.37. The third kappa shape index (κ3) is 2.49. The van der Waals surface area contributed by atoms with E-state index in [9.17, 15) is 5.11 Å². The maximum Gasteiger partial charge on any atom is 0.185 e. The Hall–Kier alpha value is -0.200. The summed E-state index contributed by atoms with van der Waals surface area (Å²) >= 11 is 0. The molecule has 1 aliphatic heterocycles. The Morgan fingerprint density at radius 2 is 1.87 bits per heavy atom. The van der Waals surface area contributed by atoms with Crippen molar-refractivity contribution in [2.75, 3.05) is 6.61 Å². The molecule has 1 saturated heterocycles. The number of nitrogens with two attached hydrogens (primary N) is 2. The van der Waals surface area contributed by atoms with Gasteiger partial charge in [-0.2, -0.15) is 0 Å². The molecule has 1 unspecified atom stereocenters. The van der Waals surface area contributed by atoms with E-state index in [2.05, 4.69) is 0 Å². The Morgan fingerprint density at radius 3 is 2.53 bits per heavy atom. The summed E-state index contributed by atoms with van der Waals surface area (Å²) in [6.07, 6.45) is 3.29. The third-order valence-corrected chi connectivity index (χ3v) is 3.25. The Morgan fingerprint density at radius 1 is 1.20 bits per heavy atom. The lowest BCUT2D eigenvalue weighted by Crippen LogP contribution is -2.61. The van der Waals surface area contributed by atoms with Crippen LogP contribution in [0.25, 0.3) is 0 Å². The van der Waals surface area contributed by atoms with Gasteiger partial charge in [-0.15, -0.1) is 0 Å². The summed E-state index contributed by atoms with van der Waals surface area (Å²) in [5.74, 6) is 0. The summed E-state index contributed by atoms with van der Waals surface area (Å²) in [4.78, 5) is 0. The highest BCUT2D eigenvalue weighted by molar-refractivity contribution is 4.89. The molecule has 5 N–H and O–H groups in total. The molecule has 4 atom stereocenters. The minimum Gasteiger partial charge on any atom is -0.386 e. The summed E-state index contributed by atoms with van der Waals surface area (Å²) in [5, 5.41) is 9.81. The molecule has 1 heterocycles. The van der Waals surface area contributed by atoms with Gasteiger partial charge in [0.2, 0.25) is 0 Å². The van der Waals surface area contributed by atoms with Gasteiger partial charge in [-0.3, -0.25) is 0 Å². The van der Waals surface area contributed by atoms with Crippen molar-refractivity contribution in [1.82, 2.24) is 0 Å². The van der Waals surface area contributed by atoms with Crippen molar-refractivity contribution in [1.29, 1.82) is 0 Å². The topological polar surface area (TPSA) is 90.7 Å². The highest BCUT2D eigenvalue weighted by Crippen LogP contribution is 2.25. The zero-order chi connectivity index (χ0) is 10.8. The van der Waals surface area contributed by atoms with Gasteiger partial charge >= 0.3 is 0 Å². The summed E-state index contributed by atoms with van der Waals surface area (Å²) in [5.41, 5.74) is 11.4. The largest absolute Gasteiger partial charge is 0.386 e. The van der Waals surface area contributed by atoms with Crippen LogP contribution >= 0.6 is 0 Å². The maximum absolute atomic E-state index is 9.81. The van der Waals surface area contributed by atoms with Crippen LogP contribution in [-0.4, -0.2) is 42.3 Å². The quantitative estimate of drug-likeness (QED) is 0.569. The smallest absolute Gasteiger partial charge is 0.185 e. The van der Waals surface area contributed by atoms with Crippen molar-refractivity contribution >= 4 is 0 Å². The highest BCUT2D eigenvalue weighted by atomic mass is 16.7. The van der Waals surface area contributed by atoms with E-state index in [0.29, 0.717) is 6.61 Å². The van der Waals surface area contributed by atoms with Crippen molar-refractivity contribution < 1.29 is 14.6 Å². The molecule has 5 nitrogen and oxygen atoms in total. The number of ether oxygens (including phenoxy) is 2. The minimum absolute atomic E-state index is 0.214. The van der Waals surface area contributed by atoms with Gasteiger partial charge < -0.3 is 26.0 Å². The first-order valence-corrected chi connectivity index (χ1v) is 5.65. The van der Waals surface area contributed by atoms with Crippen molar-refractivity contribution in [3.63, 3.8) is 0 Å². The van der Waals surface area contributed by atoms with Crippen LogP contribution in [0.5, 0.6) is 0 Å². The van der Waals surface area contributed by atoms with Gasteiger partial charge in [0.1, 0.15) is 6.10 Å². The second-order valence-corrected chi connectivity index (χ2v) is 4.48. The molecule has 2 aliphatic rings. The second kappa shape index (κ2) is 4.76. The molecule has 2 fully saturated rings. The first-order valence-electron chi connectivity index (χ1n) is 5.65. The zero-order valence-corrected chi connectivity index (χ0v) is 8.84. The Balaban J connectivity index is 1.86. The van der Waals surface area contributed by atoms with Crippen molar-refractivity contribution in [2.45, 2.75) is 56.3 Å². The van der Waals surface area contributed by atoms with Crippen LogP contribution in [0, 0.1) is 0 Å². The Bertz CT molecular complexity index is 209. The van der Waals surface area contributed by atoms with Crippen molar-refractivity contribution in [3.05, 3.63) is 0 Å². The molecular weight excluding hydrogens is 196 g/mol. The minimum atomic E-state index is -0.811. The number of rotatable bonds is 2. The maximum atomic E-state index is 9.81. The SMILES string of the molecule is N[C@H]1[C@H](O)C(OC2CCCC2)OC[C@@H]1N. The predicted octanol–water partition coefficient (Wildman–Crippen LogP) is -0.683. The number of hydrogen-bond acceptors (Lipinski definition) is 5. The van der Waals surface area contributed by atoms with Crippen LogP contribution < -0.4 is 11.5 Å². The second-order valence-electron chi connectivity index (χ2n) is 4.48. The number of aliphatic hydroxyl groups excluding tert-OH is 1. The molecule has 0 radical (unpaired) electrons. The van der Waals surface area contributed by atoms with Gasteiger partial charge in [0, 0.05) is 6.04 Å². The molecular formula is C10H20N2O3. The Labute approximate surface area is 89.7 Å². The predicted molar refractivity (Wildman–Crippen MR) is 55.0 cm³/mol. The van der Waals surface area contributed by atoms with Crippen LogP contribution in [0.3, 0.4) is 0 Å². The van der Waals surface area contributed by atoms with Crippen LogP contribution in [0.1, 0.15) is 25.7 Å². The van der Waals surface area contributed by atoms with E-state index in [1.54, 1.807) is 0 Å². The van der Waals surface area contributed by atoms with E-state index in [4.69, 9.17) is 20.9 Å². The van der Waals surface area contributed by atoms with E-state index in [-0.39, 0.29) is 12.1 Å². The lowest BCUT2D eigenvalue weighted by atomic mass is 10.0. The van der Waals surface area contributed by atoms with Gasteiger partial charge in [-0.1, -0.05) is 12.8 Å². The standard InChI is InChI=1S/C10H20N2O3/c11-7-5-14-10(9(13)8(7)12)15-6-3-1-2-4-6/h6-10,13H,1-5,11-12H2/t7-,8+,9-,10?/m0/s1. The van der Waals surface area contributed by atoms with Crippen LogP contribution in [0.2, 0.25) is 0 Å². The molecule has 1 saturated carbocycles. The van der Waals surface area contributed by atoms with Crippen molar-refractivity contribution in [3.8, 4) is 0 Å². The Kier molecular flexibility index (Phi) is 3.58. The van der Waals surface area contributed by atoms with Gasteiger partial charge in [-0.05, 0) is 12.8 Å². The van der Waals surface area contributed by atoms with E-state index in [1.807, 2.05) is 0 Å². The summed E-state index contributed by atoms with van der Waals surface area (Å²) < 4.78 is 11.0. The van der Waals surface area contributed by atoms with Crippen LogP contribution in [0.15, 0.2) is 0 Å². The molecule has 0 aromatic rings. The molecule has 0 bridgehead atoms. The summed E-state index contributed by atoms with van der Waals surface area (Å²) in [7, 11) is 0. The molecule has 0 aromatic carbocycles. The molecule has 88 valence electrons.